The fourth-order valence-corrected chi connectivity index (χ4v) is 1.99. The van der Waals surface area contributed by atoms with E-state index in [4.69, 9.17) is 4.74 Å². The quantitative estimate of drug-likeness (QED) is 0.444. The molecule has 0 spiro atoms. The van der Waals surface area contributed by atoms with Crippen LogP contribution >= 0.6 is 0 Å². The molecule has 0 rings (SSSR count). The molecule has 2 nitrogen and oxygen atoms in total. The molecule has 0 fully saturated rings. The van der Waals surface area contributed by atoms with Crippen molar-refractivity contribution in [2.45, 2.75) is 77.6 Å². The molecule has 0 unspecified atom stereocenters. The second kappa shape index (κ2) is 13.7. The molecule has 0 saturated carbocycles. The van der Waals surface area contributed by atoms with Gasteiger partial charge in [-0.15, -0.1) is 0 Å². The van der Waals surface area contributed by atoms with E-state index in [2.05, 4.69) is 6.92 Å². The van der Waals surface area contributed by atoms with Crippen molar-refractivity contribution < 1.29 is 9.53 Å². The molecule has 2 heteroatoms. The van der Waals surface area contributed by atoms with E-state index in [0.717, 1.165) is 19.3 Å². The van der Waals surface area contributed by atoms with Crippen molar-refractivity contribution in [3.05, 3.63) is 0 Å². The van der Waals surface area contributed by atoms with Gasteiger partial charge in [0.1, 0.15) is 5.78 Å². The smallest absolute Gasteiger partial charge is 0.132 e. The highest BCUT2D eigenvalue weighted by molar-refractivity contribution is 5.78. The van der Waals surface area contributed by atoms with E-state index in [-0.39, 0.29) is 0 Å². The number of Topliss-reactive ketones (excluding diaryl/α,β-unsaturated/α-hetero) is 1. The van der Waals surface area contributed by atoms with Crippen LogP contribution in [0.25, 0.3) is 0 Å². The third-order valence-electron chi connectivity index (χ3n) is 3.11. The average Bonchev–Trinajstić information content (AvgIpc) is 2.33. The Bertz CT molecular complexity index is 166. The van der Waals surface area contributed by atoms with Gasteiger partial charge < -0.3 is 4.74 Å². The van der Waals surface area contributed by atoms with Gasteiger partial charge in [0.05, 0.1) is 0 Å². The maximum atomic E-state index is 11.4. The Labute approximate surface area is 107 Å². The minimum atomic E-state index is 0.410. The van der Waals surface area contributed by atoms with Crippen LogP contribution in [0, 0.1) is 0 Å². The second-order valence-electron chi connectivity index (χ2n) is 4.86. The minimum Gasteiger partial charge on any atom is -0.385 e. The molecule has 0 amide bonds. The highest BCUT2D eigenvalue weighted by Crippen LogP contribution is 2.10. The Hall–Kier alpha value is -0.370. The van der Waals surface area contributed by atoms with Crippen molar-refractivity contribution in [2.75, 3.05) is 13.7 Å². The molecule has 0 aromatic heterocycles. The molecule has 0 atom stereocenters. The Balaban J connectivity index is 3.08. The first-order chi connectivity index (χ1) is 8.31. The summed E-state index contributed by atoms with van der Waals surface area (Å²) >= 11 is 0. The standard InChI is InChI=1S/C15H30O2/c1-3-4-5-6-7-8-9-10-12-15(16)13-11-14-17-2/h3-14H2,1-2H3. The summed E-state index contributed by atoms with van der Waals surface area (Å²) in [5.41, 5.74) is 0. The van der Waals surface area contributed by atoms with Crippen molar-refractivity contribution in [1.82, 2.24) is 0 Å². The normalized spacial score (nSPS) is 10.7. The summed E-state index contributed by atoms with van der Waals surface area (Å²) < 4.78 is 4.93. The fraction of sp³-hybridized carbons (Fsp3) is 0.933. The Morgan fingerprint density at radius 2 is 1.35 bits per heavy atom. The van der Waals surface area contributed by atoms with Crippen molar-refractivity contribution >= 4 is 5.78 Å². The maximum absolute atomic E-state index is 11.4. The van der Waals surface area contributed by atoms with Gasteiger partial charge in [-0.05, 0) is 12.8 Å². The third kappa shape index (κ3) is 13.6. The molecule has 0 aliphatic carbocycles. The van der Waals surface area contributed by atoms with Gasteiger partial charge in [-0.2, -0.15) is 0 Å². The van der Waals surface area contributed by atoms with Crippen LogP contribution in [-0.4, -0.2) is 19.5 Å². The summed E-state index contributed by atoms with van der Waals surface area (Å²) in [7, 11) is 1.68. The van der Waals surface area contributed by atoms with Crippen molar-refractivity contribution in [3.63, 3.8) is 0 Å². The number of rotatable bonds is 13. The summed E-state index contributed by atoms with van der Waals surface area (Å²) in [6.07, 6.45) is 12.8. The summed E-state index contributed by atoms with van der Waals surface area (Å²) in [6.45, 7) is 2.96. The van der Waals surface area contributed by atoms with Crippen LogP contribution in [0.5, 0.6) is 0 Å². The zero-order valence-corrected chi connectivity index (χ0v) is 11.8. The molecule has 0 aliphatic rings. The first-order valence-electron chi connectivity index (χ1n) is 7.32. The number of unbranched alkanes of at least 4 members (excludes halogenated alkanes) is 7. The molecule has 0 aliphatic heterocycles. The van der Waals surface area contributed by atoms with Gasteiger partial charge in [0.15, 0.2) is 0 Å². The molecular weight excluding hydrogens is 212 g/mol. The summed E-state index contributed by atoms with van der Waals surface area (Å²) in [5, 5.41) is 0. The van der Waals surface area contributed by atoms with Crippen LogP contribution in [0.1, 0.15) is 77.6 Å². The number of hydrogen-bond acceptors (Lipinski definition) is 2. The van der Waals surface area contributed by atoms with Crippen molar-refractivity contribution in [3.8, 4) is 0 Å². The average molecular weight is 242 g/mol. The Morgan fingerprint density at radius 3 is 1.94 bits per heavy atom. The van der Waals surface area contributed by atoms with Gasteiger partial charge in [-0.3, -0.25) is 4.79 Å². The summed E-state index contributed by atoms with van der Waals surface area (Å²) in [4.78, 5) is 11.4. The monoisotopic (exact) mass is 242 g/mol. The van der Waals surface area contributed by atoms with Gasteiger partial charge in [0, 0.05) is 26.6 Å². The number of hydrogen-bond donors (Lipinski definition) is 0. The Morgan fingerprint density at radius 1 is 0.824 bits per heavy atom. The van der Waals surface area contributed by atoms with Crippen LogP contribution in [0.4, 0.5) is 0 Å². The van der Waals surface area contributed by atoms with E-state index in [1.54, 1.807) is 7.11 Å². The van der Waals surface area contributed by atoms with Crippen LogP contribution < -0.4 is 0 Å². The molecule has 17 heavy (non-hydrogen) atoms. The second-order valence-corrected chi connectivity index (χ2v) is 4.86. The van der Waals surface area contributed by atoms with Gasteiger partial charge >= 0.3 is 0 Å². The highest BCUT2D eigenvalue weighted by atomic mass is 16.5. The predicted molar refractivity (Wildman–Crippen MR) is 73.3 cm³/mol. The molecule has 0 aromatic carbocycles. The van der Waals surface area contributed by atoms with E-state index in [1.165, 1.54) is 44.9 Å². The SMILES string of the molecule is CCCCCCCCCCC(=O)CCCOC. The van der Waals surface area contributed by atoms with E-state index in [1.807, 2.05) is 0 Å². The fourth-order valence-electron chi connectivity index (χ4n) is 1.99. The molecule has 0 saturated heterocycles. The molecular formula is C15H30O2. The largest absolute Gasteiger partial charge is 0.385 e. The van der Waals surface area contributed by atoms with Gasteiger partial charge in [-0.1, -0.05) is 51.9 Å². The van der Waals surface area contributed by atoms with E-state index < -0.39 is 0 Å². The minimum absolute atomic E-state index is 0.410. The number of carbonyl (C=O) groups excluding carboxylic acids is 1. The first kappa shape index (κ1) is 16.6. The Kier molecular flexibility index (Phi) is 13.4. The topological polar surface area (TPSA) is 26.3 Å². The van der Waals surface area contributed by atoms with Gasteiger partial charge in [0.2, 0.25) is 0 Å². The number of methoxy groups -OCH3 is 1. The zero-order valence-electron chi connectivity index (χ0n) is 11.8. The lowest BCUT2D eigenvalue weighted by molar-refractivity contribution is -0.119. The molecule has 102 valence electrons. The lowest BCUT2D eigenvalue weighted by atomic mass is 10.0. The van der Waals surface area contributed by atoms with Crippen LogP contribution in [0.3, 0.4) is 0 Å². The van der Waals surface area contributed by atoms with Crippen LogP contribution in [-0.2, 0) is 9.53 Å². The van der Waals surface area contributed by atoms with E-state index >= 15 is 0 Å². The van der Waals surface area contributed by atoms with Crippen LogP contribution in [0.2, 0.25) is 0 Å². The molecule has 0 bridgehead atoms. The molecule has 0 aromatic rings. The van der Waals surface area contributed by atoms with Crippen molar-refractivity contribution in [2.24, 2.45) is 0 Å². The number of ether oxygens (including phenoxy) is 1. The van der Waals surface area contributed by atoms with Gasteiger partial charge in [0.25, 0.3) is 0 Å². The van der Waals surface area contributed by atoms with Crippen molar-refractivity contribution in [1.29, 1.82) is 0 Å². The lowest BCUT2D eigenvalue weighted by Crippen LogP contribution is -2.00. The molecule has 0 N–H and O–H groups in total. The summed E-state index contributed by atoms with van der Waals surface area (Å²) in [6, 6.07) is 0. The third-order valence-corrected chi connectivity index (χ3v) is 3.11. The summed E-state index contributed by atoms with van der Waals surface area (Å²) in [5.74, 6) is 0.410. The first-order valence-corrected chi connectivity index (χ1v) is 7.32. The van der Waals surface area contributed by atoms with E-state index in [0.29, 0.717) is 18.8 Å². The molecule has 0 heterocycles. The lowest BCUT2D eigenvalue weighted by Gasteiger charge is -2.02. The molecule has 0 radical (unpaired) electrons. The number of ketones is 1. The van der Waals surface area contributed by atoms with Crippen LogP contribution in [0.15, 0.2) is 0 Å². The maximum Gasteiger partial charge on any atom is 0.132 e. The number of carbonyl (C=O) groups is 1. The zero-order chi connectivity index (χ0) is 12.8. The highest BCUT2D eigenvalue weighted by Gasteiger charge is 2.01. The predicted octanol–water partition coefficient (Wildman–Crippen LogP) is 4.51. The van der Waals surface area contributed by atoms with Gasteiger partial charge in [-0.25, -0.2) is 0 Å². The van der Waals surface area contributed by atoms with E-state index in [9.17, 15) is 4.79 Å².